The fourth-order valence-corrected chi connectivity index (χ4v) is 16.2. The Morgan fingerprint density at radius 3 is 0.438 bits per heavy atom. The van der Waals surface area contributed by atoms with Crippen LogP contribution >= 0.6 is 0 Å². The molecule has 0 atom stereocenters. The normalized spacial score (nSPS) is 9.25. The van der Waals surface area contributed by atoms with Crippen LogP contribution in [0.2, 0.25) is 0 Å². The van der Waals surface area contributed by atoms with Gasteiger partial charge in [0.15, 0.2) is 0 Å². The maximum absolute atomic E-state index is 2.27. The van der Waals surface area contributed by atoms with Crippen molar-refractivity contribution in [2.45, 2.75) is 222 Å². The Bertz CT molecular complexity index is 6770. The van der Waals surface area contributed by atoms with Crippen LogP contribution in [0.15, 0.2) is 473 Å². The Morgan fingerprint density at radius 2 is 0.215 bits per heavy atom. The molecule has 0 nitrogen and oxygen atoms in total. The Kier molecular flexibility index (Phi) is 66.4. The number of fused-ring (bicyclic) bond motifs is 17. The third-order valence-corrected chi connectivity index (χ3v) is 21.6. The molecule has 24 aromatic carbocycles. The lowest BCUT2D eigenvalue weighted by Crippen LogP contribution is -1.82. The fraction of sp³-hybridized carbons (Fsp3) is 0.222. The molecular weight excluding hydrogens is 1730 g/mol. The summed E-state index contributed by atoms with van der Waals surface area (Å²) in [5.41, 5.74) is 5.50. The van der Waals surface area contributed by atoms with Gasteiger partial charge in [-0.1, -0.05) is 658 Å². The van der Waals surface area contributed by atoms with E-state index in [1.54, 1.807) is 0 Å². The minimum atomic E-state index is 1.31. The van der Waals surface area contributed by atoms with Crippen LogP contribution in [0.25, 0.3) is 184 Å². The van der Waals surface area contributed by atoms with Crippen molar-refractivity contribution < 1.29 is 0 Å². The van der Waals surface area contributed by atoms with Crippen molar-refractivity contribution in [3.05, 3.63) is 473 Å². The Labute approximate surface area is 872 Å². The van der Waals surface area contributed by atoms with Crippen molar-refractivity contribution in [3.8, 4) is 22.3 Å². The predicted octanol–water partition coefficient (Wildman–Crippen LogP) is 48.3. The summed E-state index contributed by atoms with van der Waals surface area (Å²) in [6, 6.07) is 167. The maximum atomic E-state index is 2.27. The van der Waals surface area contributed by atoms with Gasteiger partial charge in [-0.2, -0.15) is 0 Å². The average Bonchev–Trinajstić information content (AvgIpc) is 1.63. The van der Waals surface area contributed by atoms with E-state index in [-0.39, 0.29) is 0 Å². The standard InChI is InChI=1S/2C18H12.2C16H10.2C14H10.C10H8.C6H6.16C2H6/c1-3-7-15-13(5-1)9-11-18-16-8-4-2-6-14(16)10-12-17(15)18;1-2-6-14-10-18-12-16-8-4-3-7-15(16)11-17(18)9-13(14)5-1;1-3-11-7-9-13-5-2-6-14-10-8-12(4-1)15(11)16(13)14;1-2-8-13-12(7-1)14-9-3-5-11-6-4-10-15(13)16(11)14;1-3-7-13-11(5-1)9-10-12-6-2-4-8-14(12)13;1-2-6-12-10-14-8-4-3-7-13(14)9-11(12)5-1;1-2-6-10-8-4-3-7-9(10)5-1;1-2-4-6-5-3-1;16*1-2/h2*1-12H;2*1-10H;2*1-10H;1-8H;1-6H;16*1-2H3. The van der Waals surface area contributed by atoms with Crippen LogP contribution < -0.4 is 0 Å². The van der Waals surface area contributed by atoms with E-state index in [1.165, 1.54) is 184 Å². The van der Waals surface area contributed by atoms with Crippen molar-refractivity contribution >= 4 is 162 Å². The molecule has 0 aliphatic heterocycles. The van der Waals surface area contributed by atoms with Gasteiger partial charge in [0.1, 0.15) is 0 Å². The van der Waals surface area contributed by atoms with Crippen LogP contribution in [0.4, 0.5) is 0 Å². The van der Waals surface area contributed by atoms with Gasteiger partial charge in [0, 0.05) is 0 Å². The van der Waals surface area contributed by atoms with E-state index >= 15 is 0 Å². The highest BCUT2D eigenvalue weighted by Crippen LogP contribution is 2.47. The minimum absolute atomic E-state index is 1.31. The van der Waals surface area contributed by atoms with Crippen molar-refractivity contribution in [3.63, 3.8) is 0 Å². The Morgan fingerprint density at radius 1 is 0.0764 bits per heavy atom. The summed E-state index contributed by atoms with van der Waals surface area (Å²) in [4.78, 5) is 0. The second kappa shape index (κ2) is 76.2. The first-order valence-electron chi connectivity index (χ1n) is 54.6. The SMILES string of the molecule is CC.CC.CC.CC.CC.CC.CC.CC.CC.CC.CC.CC.CC.CC.CC.CC.c1cc2ccc3cccc4ccc(c1)c2c34.c1ccc2c(c1)-c1cccc3cccc-2c13.c1ccc2c(c1)ccc1c3ccccc3ccc21.c1ccc2c(c1)ccc1ccccc12.c1ccc2cc3cc4ccccc4cc3cc2c1.c1ccc2cc3ccccc3cc2c1.c1ccc2ccccc2c1.c1ccccc1. The van der Waals surface area contributed by atoms with Gasteiger partial charge in [0.25, 0.3) is 0 Å². The molecular formula is C144H174. The largest absolute Gasteiger partial charge is 0.0683 e. The van der Waals surface area contributed by atoms with E-state index in [0.29, 0.717) is 0 Å². The number of hydrogen-bond donors (Lipinski definition) is 0. The van der Waals surface area contributed by atoms with Gasteiger partial charge in [0.2, 0.25) is 0 Å². The third-order valence-electron chi connectivity index (χ3n) is 21.6. The summed E-state index contributed by atoms with van der Waals surface area (Å²) < 4.78 is 0. The molecule has 0 saturated heterocycles. The second-order valence-electron chi connectivity index (χ2n) is 28.5. The molecule has 0 spiro atoms. The first-order valence-corrected chi connectivity index (χ1v) is 54.6. The van der Waals surface area contributed by atoms with Crippen LogP contribution in [0.3, 0.4) is 0 Å². The monoisotopic (exact) mass is 1900 g/mol. The van der Waals surface area contributed by atoms with E-state index in [2.05, 4.69) is 437 Å². The summed E-state index contributed by atoms with van der Waals surface area (Å²) in [6.45, 7) is 64.0. The van der Waals surface area contributed by atoms with Gasteiger partial charge in [-0.15, -0.1) is 0 Å². The van der Waals surface area contributed by atoms with Gasteiger partial charge in [-0.3, -0.25) is 0 Å². The second-order valence-corrected chi connectivity index (χ2v) is 28.5. The molecule has 24 aromatic rings. The van der Waals surface area contributed by atoms with Gasteiger partial charge in [-0.25, -0.2) is 0 Å². The molecule has 0 fully saturated rings. The fourth-order valence-electron chi connectivity index (χ4n) is 16.2. The zero-order valence-corrected chi connectivity index (χ0v) is 94.0. The molecule has 0 aromatic heterocycles. The molecule has 0 radical (unpaired) electrons. The van der Waals surface area contributed by atoms with E-state index in [9.17, 15) is 0 Å². The van der Waals surface area contributed by atoms with Gasteiger partial charge in [-0.05, 0) is 220 Å². The van der Waals surface area contributed by atoms with Crippen molar-refractivity contribution in [2.75, 3.05) is 0 Å². The number of rotatable bonds is 0. The smallest absolute Gasteiger partial charge is 0.00264 e. The highest BCUT2D eigenvalue weighted by molar-refractivity contribution is 6.23. The Hall–Kier alpha value is -14.6. The highest BCUT2D eigenvalue weighted by atomic mass is 14.2. The molecule has 0 unspecified atom stereocenters. The van der Waals surface area contributed by atoms with E-state index in [1.807, 2.05) is 258 Å². The molecule has 0 amide bonds. The highest BCUT2D eigenvalue weighted by Gasteiger charge is 2.20. The van der Waals surface area contributed by atoms with Crippen LogP contribution in [-0.4, -0.2) is 0 Å². The van der Waals surface area contributed by atoms with Crippen LogP contribution in [0.5, 0.6) is 0 Å². The minimum Gasteiger partial charge on any atom is -0.0683 e. The molecule has 0 saturated carbocycles. The summed E-state index contributed by atoms with van der Waals surface area (Å²) in [6.07, 6.45) is 0. The zero-order valence-electron chi connectivity index (χ0n) is 94.0. The number of benzene rings is 24. The molecule has 0 N–H and O–H groups in total. The van der Waals surface area contributed by atoms with Crippen LogP contribution in [-0.2, 0) is 0 Å². The molecule has 1 aliphatic carbocycles. The molecule has 0 heterocycles. The lowest BCUT2D eigenvalue weighted by atomic mass is 9.95. The summed E-state index contributed by atoms with van der Waals surface area (Å²) in [7, 11) is 0. The quantitative estimate of drug-likeness (QED) is 0.105. The zero-order chi connectivity index (χ0) is 107. The van der Waals surface area contributed by atoms with Crippen LogP contribution in [0, 0.1) is 0 Å². The van der Waals surface area contributed by atoms with E-state index in [4.69, 9.17) is 0 Å². The lowest BCUT2D eigenvalue weighted by Gasteiger charge is -2.09. The van der Waals surface area contributed by atoms with Crippen molar-refractivity contribution in [1.82, 2.24) is 0 Å². The molecule has 1 aliphatic rings. The third kappa shape index (κ3) is 35.0. The van der Waals surface area contributed by atoms with E-state index in [0.717, 1.165) is 0 Å². The van der Waals surface area contributed by atoms with E-state index < -0.39 is 0 Å². The maximum Gasteiger partial charge on any atom is -0.00264 e. The summed E-state index contributed by atoms with van der Waals surface area (Å²) in [5.74, 6) is 0. The van der Waals surface area contributed by atoms with Gasteiger partial charge in [0.05, 0.1) is 0 Å². The average molecular weight is 1900 g/mol. The summed E-state index contributed by atoms with van der Waals surface area (Å²) >= 11 is 0. The Balaban J connectivity index is 0.000000539. The molecule has 144 heavy (non-hydrogen) atoms. The van der Waals surface area contributed by atoms with Crippen molar-refractivity contribution in [1.29, 1.82) is 0 Å². The first-order chi connectivity index (χ1) is 71.6. The predicted molar refractivity (Wildman–Crippen MR) is 671 cm³/mol. The molecule has 750 valence electrons. The van der Waals surface area contributed by atoms with Gasteiger partial charge >= 0.3 is 0 Å². The van der Waals surface area contributed by atoms with Gasteiger partial charge < -0.3 is 0 Å². The lowest BCUT2D eigenvalue weighted by molar-refractivity contribution is 1.50. The van der Waals surface area contributed by atoms with Crippen molar-refractivity contribution in [2.24, 2.45) is 0 Å². The summed E-state index contributed by atoms with van der Waals surface area (Å²) in [5, 5.41) is 39.9. The molecule has 0 bridgehead atoms. The van der Waals surface area contributed by atoms with Crippen LogP contribution in [0.1, 0.15) is 222 Å². The molecule has 0 heteroatoms. The number of hydrogen-bond acceptors (Lipinski definition) is 0. The topological polar surface area (TPSA) is 0 Å². The first kappa shape index (κ1) is 126. The molecule has 25 rings (SSSR count).